The summed E-state index contributed by atoms with van der Waals surface area (Å²) in [6, 6.07) is 6.14. The highest BCUT2D eigenvalue weighted by Crippen LogP contribution is 2.18. The molecule has 3 rings (SSSR count). The van der Waals surface area contributed by atoms with Crippen LogP contribution in [0.15, 0.2) is 24.3 Å². The summed E-state index contributed by atoms with van der Waals surface area (Å²) in [4.78, 5) is 16.8. The van der Waals surface area contributed by atoms with Gasteiger partial charge in [0.1, 0.15) is 11.6 Å². The Morgan fingerprint density at radius 3 is 2.93 bits per heavy atom. The zero-order valence-electron chi connectivity index (χ0n) is 15.7. The first-order valence-electron chi connectivity index (χ1n) is 9.26. The molecule has 0 saturated carbocycles. The molecule has 8 heteroatoms. The third-order valence-electron chi connectivity index (χ3n) is 4.64. The van der Waals surface area contributed by atoms with Crippen LogP contribution in [0.5, 0.6) is 0 Å². The van der Waals surface area contributed by atoms with Crippen LogP contribution in [-0.4, -0.2) is 40.3 Å². The van der Waals surface area contributed by atoms with Crippen molar-refractivity contribution in [3.63, 3.8) is 0 Å². The van der Waals surface area contributed by atoms with Gasteiger partial charge in [0, 0.05) is 12.5 Å². The third kappa shape index (κ3) is 5.49. The highest BCUT2D eigenvalue weighted by molar-refractivity contribution is 5.90. The Balaban J connectivity index is 0.00000261. The van der Waals surface area contributed by atoms with E-state index in [2.05, 4.69) is 20.7 Å². The van der Waals surface area contributed by atoms with E-state index in [0.717, 1.165) is 19.5 Å². The van der Waals surface area contributed by atoms with E-state index >= 15 is 0 Å². The van der Waals surface area contributed by atoms with Crippen LogP contribution in [0, 0.1) is 11.7 Å². The SMILES string of the molecule is CC(C)c1nc(C(=O)NCCC2CCCNC2)nn1-c1cccc(F)c1.Cl. The molecular weight excluding hydrogens is 369 g/mol. The number of nitrogens with one attached hydrogen (secondary N) is 2. The molecule has 2 aromatic rings. The molecule has 6 nitrogen and oxygen atoms in total. The summed E-state index contributed by atoms with van der Waals surface area (Å²) in [5.41, 5.74) is 0.563. The molecule has 27 heavy (non-hydrogen) atoms. The van der Waals surface area contributed by atoms with Crippen molar-refractivity contribution in [2.24, 2.45) is 5.92 Å². The van der Waals surface area contributed by atoms with Gasteiger partial charge in [-0.05, 0) is 56.5 Å². The molecule has 0 aliphatic carbocycles. The molecule has 1 aliphatic heterocycles. The van der Waals surface area contributed by atoms with E-state index in [-0.39, 0.29) is 35.9 Å². The molecule has 1 atom stereocenters. The van der Waals surface area contributed by atoms with Gasteiger partial charge in [0.15, 0.2) is 0 Å². The van der Waals surface area contributed by atoms with Crippen molar-refractivity contribution in [1.82, 2.24) is 25.4 Å². The highest BCUT2D eigenvalue weighted by Gasteiger charge is 2.20. The maximum absolute atomic E-state index is 13.5. The van der Waals surface area contributed by atoms with Gasteiger partial charge in [-0.3, -0.25) is 4.79 Å². The Hall–Kier alpha value is -1.99. The van der Waals surface area contributed by atoms with Gasteiger partial charge in [-0.15, -0.1) is 17.5 Å². The molecule has 148 valence electrons. The van der Waals surface area contributed by atoms with E-state index in [1.807, 2.05) is 13.8 Å². The second-order valence-electron chi connectivity index (χ2n) is 7.10. The van der Waals surface area contributed by atoms with Gasteiger partial charge in [0.25, 0.3) is 5.91 Å². The van der Waals surface area contributed by atoms with Crippen LogP contribution in [0.1, 0.15) is 55.5 Å². The van der Waals surface area contributed by atoms with E-state index in [4.69, 9.17) is 0 Å². The average molecular weight is 396 g/mol. The van der Waals surface area contributed by atoms with Crippen molar-refractivity contribution in [2.45, 2.75) is 39.0 Å². The number of amides is 1. The monoisotopic (exact) mass is 395 g/mol. The van der Waals surface area contributed by atoms with E-state index in [1.165, 1.54) is 25.0 Å². The summed E-state index contributed by atoms with van der Waals surface area (Å²) in [7, 11) is 0. The molecule has 1 aliphatic rings. The van der Waals surface area contributed by atoms with E-state index < -0.39 is 0 Å². The van der Waals surface area contributed by atoms with Crippen LogP contribution in [0.3, 0.4) is 0 Å². The lowest BCUT2D eigenvalue weighted by molar-refractivity contribution is 0.0940. The van der Waals surface area contributed by atoms with E-state index in [0.29, 0.717) is 24.0 Å². The van der Waals surface area contributed by atoms with Gasteiger partial charge in [0.2, 0.25) is 5.82 Å². The second-order valence-corrected chi connectivity index (χ2v) is 7.10. The van der Waals surface area contributed by atoms with E-state index in [1.54, 1.807) is 16.8 Å². The standard InChI is InChI=1S/C19H26FN5O.ClH/c1-13(2)18-23-17(24-25(18)16-7-3-6-15(20)11-16)19(26)22-10-8-14-5-4-9-21-12-14;/h3,6-7,11,13-14,21H,4-5,8-10,12H2,1-2H3,(H,22,26);1H. The molecule has 2 N–H and O–H groups in total. The lowest BCUT2D eigenvalue weighted by Crippen LogP contribution is -2.33. The van der Waals surface area contributed by atoms with E-state index in [9.17, 15) is 9.18 Å². The Kier molecular flexibility index (Phi) is 7.74. The fraction of sp³-hybridized carbons (Fsp3) is 0.526. The maximum Gasteiger partial charge on any atom is 0.290 e. The van der Waals surface area contributed by atoms with Gasteiger partial charge >= 0.3 is 0 Å². The minimum atomic E-state index is -0.347. The Morgan fingerprint density at radius 1 is 1.44 bits per heavy atom. The number of halogens is 2. The first-order valence-corrected chi connectivity index (χ1v) is 9.26. The van der Waals surface area contributed by atoms with Crippen molar-refractivity contribution in [3.8, 4) is 5.69 Å². The van der Waals surface area contributed by atoms with Crippen LogP contribution >= 0.6 is 12.4 Å². The Labute approximate surface area is 165 Å². The number of aromatic nitrogens is 3. The topological polar surface area (TPSA) is 71.8 Å². The highest BCUT2D eigenvalue weighted by atomic mass is 35.5. The maximum atomic E-state index is 13.5. The van der Waals surface area contributed by atoms with Crippen LogP contribution in [-0.2, 0) is 0 Å². The zero-order valence-corrected chi connectivity index (χ0v) is 16.6. The molecular formula is C19H27ClFN5O. The fourth-order valence-electron chi connectivity index (χ4n) is 3.23. The van der Waals surface area contributed by atoms with Crippen LogP contribution in [0.4, 0.5) is 4.39 Å². The van der Waals surface area contributed by atoms with Crippen molar-refractivity contribution >= 4 is 18.3 Å². The first kappa shape index (κ1) is 21.3. The molecule has 1 amide bonds. The Morgan fingerprint density at radius 2 is 2.26 bits per heavy atom. The molecule has 1 aromatic carbocycles. The molecule has 1 fully saturated rings. The molecule has 1 unspecified atom stereocenters. The summed E-state index contributed by atoms with van der Waals surface area (Å²) in [6.07, 6.45) is 3.34. The minimum Gasteiger partial charge on any atom is -0.349 e. The van der Waals surface area contributed by atoms with Crippen LogP contribution in [0.2, 0.25) is 0 Å². The summed E-state index contributed by atoms with van der Waals surface area (Å²) in [6.45, 7) is 6.65. The van der Waals surface area contributed by atoms with Gasteiger partial charge in [-0.2, -0.15) is 0 Å². The van der Waals surface area contributed by atoms with Crippen molar-refractivity contribution < 1.29 is 9.18 Å². The molecule has 0 spiro atoms. The van der Waals surface area contributed by atoms with Crippen molar-refractivity contribution in [3.05, 3.63) is 41.7 Å². The van der Waals surface area contributed by atoms with Gasteiger partial charge in [-0.1, -0.05) is 19.9 Å². The summed E-state index contributed by atoms with van der Waals surface area (Å²) in [5, 5.41) is 10.6. The number of carbonyl (C=O) groups is 1. The van der Waals surface area contributed by atoms with Crippen molar-refractivity contribution in [2.75, 3.05) is 19.6 Å². The number of piperidine rings is 1. The lowest BCUT2D eigenvalue weighted by Gasteiger charge is -2.22. The predicted molar refractivity (Wildman–Crippen MR) is 105 cm³/mol. The molecule has 2 heterocycles. The number of nitrogens with zero attached hydrogens (tertiary/aromatic N) is 3. The second kappa shape index (κ2) is 9.80. The average Bonchev–Trinajstić information content (AvgIpc) is 3.08. The van der Waals surface area contributed by atoms with Crippen molar-refractivity contribution in [1.29, 1.82) is 0 Å². The van der Waals surface area contributed by atoms with Crippen LogP contribution in [0.25, 0.3) is 5.69 Å². The largest absolute Gasteiger partial charge is 0.349 e. The van der Waals surface area contributed by atoms with Gasteiger partial charge < -0.3 is 10.6 Å². The number of rotatable bonds is 6. The summed E-state index contributed by atoms with van der Waals surface area (Å²) in [5.74, 6) is 0.788. The molecule has 1 aromatic heterocycles. The normalized spacial score (nSPS) is 16.8. The van der Waals surface area contributed by atoms with Crippen LogP contribution < -0.4 is 10.6 Å². The lowest BCUT2D eigenvalue weighted by atomic mass is 9.96. The quantitative estimate of drug-likeness (QED) is 0.788. The molecule has 0 radical (unpaired) electrons. The number of benzene rings is 1. The number of carbonyl (C=O) groups excluding carboxylic acids is 1. The third-order valence-corrected chi connectivity index (χ3v) is 4.64. The predicted octanol–water partition coefficient (Wildman–Crippen LogP) is 3.07. The molecule has 1 saturated heterocycles. The Bertz CT molecular complexity index is 758. The number of hydrogen-bond donors (Lipinski definition) is 2. The summed E-state index contributed by atoms with van der Waals surface area (Å²) >= 11 is 0. The fourth-order valence-corrected chi connectivity index (χ4v) is 3.23. The smallest absolute Gasteiger partial charge is 0.290 e. The zero-order chi connectivity index (χ0) is 18.5. The summed E-state index contributed by atoms with van der Waals surface area (Å²) < 4.78 is 15.1. The van der Waals surface area contributed by atoms with Gasteiger partial charge in [-0.25, -0.2) is 14.1 Å². The molecule has 0 bridgehead atoms. The minimum absolute atomic E-state index is 0. The number of hydrogen-bond acceptors (Lipinski definition) is 4. The first-order chi connectivity index (χ1) is 12.5. The van der Waals surface area contributed by atoms with Gasteiger partial charge in [0.05, 0.1) is 5.69 Å².